The van der Waals surface area contributed by atoms with Gasteiger partial charge in [-0.25, -0.2) is 4.79 Å². The third-order valence-corrected chi connectivity index (χ3v) is 3.06. The van der Waals surface area contributed by atoms with Gasteiger partial charge in [0.15, 0.2) is 0 Å². The number of carbonyl (C=O) groups is 1. The molecule has 102 valence electrons. The molecule has 1 aromatic carbocycles. The molecule has 2 atom stereocenters. The van der Waals surface area contributed by atoms with Crippen LogP contribution in [0.4, 0.5) is 4.79 Å². The highest BCUT2D eigenvalue weighted by Crippen LogP contribution is 2.14. The summed E-state index contributed by atoms with van der Waals surface area (Å²) in [4.78, 5) is 13.3. The molecule has 2 rings (SSSR count). The first kappa shape index (κ1) is 13.6. The largest absolute Gasteiger partial charge is 0.445 e. The van der Waals surface area contributed by atoms with Crippen LogP contribution in [0.5, 0.6) is 0 Å². The molecule has 0 unspecified atom stereocenters. The highest BCUT2D eigenvalue weighted by Gasteiger charge is 2.30. The van der Waals surface area contributed by atoms with Gasteiger partial charge in [0, 0.05) is 6.54 Å². The maximum atomic E-state index is 11.9. The summed E-state index contributed by atoms with van der Waals surface area (Å²) in [7, 11) is 0. The van der Waals surface area contributed by atoms with Crippen LogP contribution >= 0.6 is 0 Å². The summed E-state index contributed by atoms with van der Waals surface area (Å²) < 4.78 is 5.18. The molecule has 0 spiro atoms. The van der Waals surface area contributed by atoms with Crippen LogP contribution in [0.15, 0.2) is 42.5 Å². The van der Waals surface area contributed by atoms with Crippen LogP contribution in [0, 0.1) is 0 Å². The Morgan fingerprint density at radius 1 is 1.37 bits per heavy atom. The standard InChI is InChI=1S/C14H17NO4/c16-9-12-13(17)7-4-8-15(12)14(18)19-10-11-5-2-1-3-6-11/h1-7,12-13,16-17H,8-10H2/t12-,13+/m0/s1. The predicted octanol–water partition coefficient (Wildman–Crippen LogP) is 0.917. The number of hydrogen-bond donors (Lipinski definition) is 2. The molecule has 19 heavy (non-hydrogen) atoms. The van der Waals surface area contributed by atoms with Gasteiger partial charge in [0.1, 0.15) is 6.61 Å². The van der Waals surface area contributed by atoms with Gasteiger partial charge in [-0.2, -0.15) is 0 Å². The Morgan fingerprint density at radius 3 is 2.79 bits per heavy atom. The minimum atomic E-state index is -0.858. The van der Waals surface area contributed by atoms with E-state index >= 15 is 0 Å². The maximum Gasteiger partial charge on any atom is 0.410 e. The molecule has 0 fully saturated rings. The second-order valence-corrected chi connectivity index (χ2v) is 4.36. The van der Waals surface area contributed by atoms with Crippen molar-refractivity contribution in [2.45, 2.75) is 18.8 Å². The molecule has 5 heteroatoms. The van der Waals surface area contributed by atoms with E-state index in [0.717, 1.165) is 5.56 Å². The maximum absolute atomic E-state index is 11.9. The molecule has 1 heterocycles. The van der Waals surface area contributed by atoms with Gasteiger partial charge in [-0.3, -0.25) is 4.90 Å². The minimum absolute atomic E-state index is 0.175. The fourth-order valence-corrected chi connectivity index (χ4v) is 1.98. The van der Waals surface area contributed by atoms with Gasteiger partial charge >= 0.3 is 6.09 Å². The summed E-state index contributed by atoms with van der Waals surface area (Å²) in [6.45, 7) is 0.204. The van der Waals surface area contributed by atoms with Crippen LogP contribution in [0.3, 0.4) is 0 Å². The lowest BCUT2D eigenvalue weighted by Crippen LogP contribution is -2.51. The fourth-order valence-electron chi connectivity index (χ4n) is 1.98. The van der Waals surface area contributed by atoms with Crippen LogP contribution in [0.25, 0.3) is 0 Å². The van der Waals surface area contributed by atoms with Gasteiger partial charge in [-0.15, -0.1) is 0 Å². The lowest BCUT2D eigenvalue weighted by Gasteiger charge is -2.33. The Balaban J connectivity index is 1.94. The molecule has 0 saturated carbocycles. The number of carbonyl (C=O) groups excluding carboxylic acids is 1. The summed E-state index contributed by atoms with van der Waals surface area (Å²) in [5, 5.41) is 18.9. The Kier molecular flexibility index (Phi) is 4.54. The summed E-state index contributed by atoms with van der Waals surface area (Å²) in [6, 6.07) is 8.70. The summed E-state index contributed by atoms with van der Waals surface area (Å²) in [6.07, 6.45) is 1.86. The van der Waals surface area contributed by atoms with Crippen molar-refractivity contribution in [1.29, 1.82) is 0 Å². The van der Waals surface area contributed by atoms with E-state index in [2.05, 4.69) is 0 Å². The summed E-state index contributed by atoms with van der Waals surface area (Å²) >= 11 is 0. The zero-order valence-corrected chi connectivity index (χ0v) is 10.5. The van der Waals surface area contributed by atoms with E-state index in [-0.39, 0.29) is 13.2 Å². The first-order valence-electron chi connectivity index (χ1n) is 6.15. The van der Waals surface area contributed by atoms with Gasteiger partial charge in [-0.05, 0) is 5.56 Å². The molecule has 1 aliphatic rings. The molecule has 5 nitrogen and oxygen atoms in total. The van der Waals surface area contributed by atoms with Gasteiger partial charge in [0.2, 0.25) is 0 Å². The molecule has 0 aliphatic carbocycles. The van der Waals surface area contributed by atoms with Gasteiger partial charge in [0.05, 0.1) is 18.8 Å². The van der Waals surface area contributed by atoms with Crippen LogP contribution in [-0.4, -0.2) is 46.5 Å². The third-order valence-electron chi connectivity index (χ3n) is 3.06. The summed E-state index contributed by atoms with van der Waals surface area (Å²) in [5.74, 6) is 0. The number of aliphatic hydroxyl groups is 2. The van der Waals surface area contributed by atoms with Crippen molar-refractivity contribution in [3.05, 3.63) is 48.0 Å². The van der Waals surface area contributed by atoms with Crippen molar-refractivity contribution >= 4 is 6.09 Å². The summed E-state index contributed by atoms with van der Waals surface area (Å²) in [5.41, 5.74) is 0.893. The average Bonchev–Trinajstić information content (AvgIpc) is 2.45. The number of ether oxygens (including phenoxy) is 1. The van der Waals surface area contributed by atoms with E-state index in [4.69, 9.17) is 4.74 Å². The number of nitrogens with zero attached hydrogens (tertiary/aromatic N) is 1. The fraction of sp³-hybridized carbons (Fsp3) is 0.357. The zero-order valence-electron chi connectivity index (χ0n) is 10.5. The van der Waals surface area contributed by atoms with Crippen molar-refractivity contribution in [2.75, 3.05) is 13.2 Å². The Morgan fingerprint density at radius 2 is 2.11 bits per heavy atom. The minimum Gasteiger partial charge on any atom is -0.445 e. The second-order valence-electron chi connectivity index (χ2n) is 4.36. The molecule has 0 aromatic heterocycles. The van der Waals surface area contributed by atoms with Crippen molar-refractivity contribution in [3.63, 3.8) is 0 Å². The second kappa shape index (κ2) is 6.36. The molecule has 1 amide bonds. The van der Waals surface area contributed by atoms with Crippen LogP contribution in [-0.2, 0) is 11.3 Å². The molecular weight excluding hydrogens is 246 g/mol. The van der Waals surface area contributed by atoms with E-state index < -0.39 is 18.2 Å². The van der Waals surface area contributed by atoms with E-state index in [9.17, 15) is 15.0 Å². The topological polar surface area (TPSA) is 70.0 Å². The lowest BCUT2D eigenvalue weighted by atomic mass is 10.1. The molecule has 0 saturated heterocycles. The lowest BCUT2D eigenvalue weighted by molar-refractivity contribution is 0.0231. The normalized spacial score (nSPS) is 22.3. The predicted molar refractivity (Wildman–Crippen MR) is 69.4 cm³/mol. The number of aliphatic hydroxyl groups excluding tert-OH is 2. The van der Waals surface area contributed by atoms with E-state index in [1.165, 1.54) is 4.90 Å². The molecule has 1 aromatic rings. The molecule has 0 radical (unpaired) electrons. The van der Waals surface area contributed by atoms with E-state index in [1.54, 1.807) is 12.2 Å². The van der Waals surface area contributed by atoms with E-state index in [0.29, 0.717) is 6.54 Å². The highest BCUT2D eigenvalue weighted by atomic mass is 16.6. The molecule has 2 N–H and O–H groups in total. The highest BCUT2D eigenvalue weighted by molar-refractivity contribution is 5.68. The van der Waals surface area contributed by atoms with Crippen LogP contribution < -0.4 is 0 Å². The number of benzene rings is 1. The Labute approximate surface area is 111 Å². The third kappa shape index (κ3) is 3.33. The van der Waals surface area contributed by atoms with Crippen molar-refractivity contribution < 1.29 is 19.7 Å². The molecule has 0 bridgehead atoms. The SMILES string of the molecule is O=C(OCc1ccccc1)N1CC=C[C@@H](O)[C@@H]1CO. The molecule has 1 aliphatic heterocycles. The average molecular weight is 263 g/mol. The number of amides is 1. The number of hydrogen-bond acceptors (Lipinski definition) is 4. The smallest absolute Gasteiger partial charge is 0.410 e. The van der Waals surface area contributed by atoms with Crippen molar-refractivity contribution in [3.8, 4) is 0 Å². The first-order chi connectivity index (χ1) is 9.22. The van der Waals surface area contributed by atoms with Gasteiger partial charge in [0.25, 0.3) is 0 Å². The zero-order chi connectivity index (χ0) is 13.7. The van der Waals surface area contributed by atoms with Crippen molar-refractivity contribution in [2.24, 2.45) is 0 Å². The van der Waals surface area contributed by atoms with Gasteiger partial charge in [-0.1, -0.05) is 42.5 Å². The van der Waals surface area contributed by atoms with E-state index in [1.807, 2.05) is 30.3 Å². The monoisotopic (exact) mass is 263 g/mol. The Hall–Kier alpha value is -1.85. The first-order valence-corrected chi connectivity index (χ1v) is 6.15. The van der Waals surface area contributed by atoms with Crippen molar-refractivity contribution in [1.82, 2.24) is 4.90 Å². The number of rotatable bonds is 3. The van der Waals surface area contributed by atoms with Crippen LogP contribution in [0.2, 0.25) is 0 Å². The quantitative estimate of drug-likeness (QED) is 0.795. The molecular formula is C14H17NO4. The van der Waals surface area contributed by atoms with Crippen LogP contribution in [0.1, 0.15) is 5.56 Å². The Bertz CT molecular complexity index is 446. The van der Waals surface area contributed by atoms with Gasteiger partial charge < -0.3 is 14.9 Å².